The molecule has 0 aromatic heterocycles. The second-order valence-corrected chi connectivity index (χ2v) is 9.05. The number of nitrogens with one attached hydrogen (secondary N) is 1. The highest BCUT2D eigenvalue weighted by atomic mass is 16.5. The Bertz CT molecular complexity index is 1180. The third kappa shape index (κ3) is 4.53. The average molecular weight is 475 g/mol. The molecule has 0 saturated carbocycles. The Hall–Kier alpha value is -3.66. The van der Waals surface area contributed by atoms with Crippen molar-refractivity contribution < 1.29 is 28.7 Å². The number of nitrogens with zero attached hydrogens (tertiary/aromatic N) is 2. The third-order valence-electron chi connectivity index (χ3n) is 6.79. The summed E-state index contributed by atoms with van der Waals surface area (Å²) in [5.41, 5.74) is 3.26. The summed E-state index contributed by atoms with van der Waals surface area (Å²) >= 11 is 0. The van der Waals surface area contributed by atoms with Crippen LogP contribution in [-0.4, -0.2) is 67.1 Å². The summed E-state index contributed by atoms with van der Waals surface area (Å²) in [4.78, 5) is 52.4. The summed E-state index contributed by atoms with van der Waals surface area (Å²) in [5, 5.41) is 2.34. The first-order valence-corrected chi connectivity index (χ1v) is 11.8. The number of imide groups is 1. The molecule has 9 nitrogen and oxygen atoms in total. The van der Waals surface area contributed by atoms with Crippen molar-refractivity contribution in [2.45, 2.75) is 38.0 Å². The molecule has 35 heavy (non-hydrogen) atoms. The summed E-state index contributed by atoms with van der Waals surface area (Å²) < 4.78 is 11.3. The van der Waals surface area contributed by atoms with Crippen molar-refractivity contribution in [1.29, 1.82) is 0 Å². The molecule has 0 radical (unpaired) electrons. The number of fused-ring (bicyclic) bond motifs is 1. The second kappa shape index (κ2) is 9.54. The molecule has 0 bridgehead atoms. The van der Waals surface area contributed by atoms with Gasteiger partial charge in [-0.05, 0) is 29.7 Å². The van der Waals surface area contributed by atoms with Crippen molar-refractivity contribution in [2.75, 3.05) is 19.8 Å². The number of ether oxygens (including phenoxy) is 2. The van der Waals surface area contributed by atoms with Crippen LogP contribution in [0.5, 0.6) is 5.75 Å². The van der Waals surface area contributed by atoms with Gasteiger partial charge in [0.15, 0.2) is 0 Å². The van der Waals surface area contributed by atoms with Crippen LogP contribution in [0.1, 0.15) is 45.8 Å². The molecule has 2 aromatic carbocycles. The fourth-order valence-electron chi connectivity index (χ4n) is 4.94. The number of morpholine rings is 1. The molecule has 3 aliphatic rings. The molecular formula is C25H26BN3O6. The van der Waals surface area contributed by atoms with E-state index in [4.69, 9.17) is 9.47 Å². The zero-order chi connectivity index (χ0) is 24.5. The number of hydrogen-bond donors (Lipinski definition) is 1. The maximum absolute atomic E-state index is 13.2. The summed E-state index contributed by atoms with van der Waals surface area (Å²) in [6.45, 7) is 2.14. The SMILES string of the molecule is BC1c2c(OCc3ccc(CN4CCOCC4=O)cc3)cccc2C(=O)N1C1CCC(=O)NC1=O. The molecule has 10 heteroatoms. The fourth-order valence-corrected chi connectivity index (χ4v) is 4.94. The molecule has 0 aliphatic carbocycles. The van der Waals surface area contributed by atoms with Gasteiger partial charge in [-0.3, -0.25) is 24.5 Å². The Morgan fingerprint density at radius 1 is 1.06 bits per heavy atom. The molecule has 2 aromatic rings. The van der Waals surface area contributed by atoms with E-state index in [1.165, 1.54) is 0 Å². The smallest absolute Gasteiger partial charge is 0.254 e. The minimum absolute atomic E-state index is 0.00314. The molecule has 2 unspecified atom stereocenters. The highest BCUT2D eigenvalue weighted by molar-refractivity contribution is 6.19. The standard InChI is InChI=1S/C25H26BN3O6/c26-23-22-17(25(33)29(23)18-8-9-20(30)27-24(18)32)2-1-3-19(22)35-13-16-6-4-15(5-7-16)12-28-10-11-34-14-21(28)31/h1-7,18,23H,8-14,26H2,(H,27,30,32). The molecule has 1 N–H and O–H groups in total. The zero-order valence-corrected chi connectivity index (χ0v) is 19.5. The molecule has 2 atom stereocenters. The van der Waals surface area contributed by atoms with Crippen LogP contribution in [0.3, 0.4) is 0 Å². The van der Waals surface area contributed by atoms with Gasteiger partial charge >= 0.3 is 0 Å². The fraction of sp³-hybridized carbons (Fsp3) is 0.360. The Morgan fingerprint density at radius 3 is 2.57 bits per heavy atom. The Kier molecular flexibility index (Phi) is 6.30. The van der Waals surface area contributed by atoms with E-state index < -0.39 is 11.9 Å². The lowest BCUT2D eigenvalue weighted by Crippen LogP contribution is -2.53. The van der Waals surface area contributed by atoms with E-state index in [2.05, 4.69) is 5.32 Å². The maximum Gasteiger partial charge on any atom is 0.254 e. The lowest BCUT2D eigenvalue weighted by molar-refractivity contribution is -0.143. The molecule has 3 heterocycles. The van der Waals surface area contributed by atoms with Crippen molar-refractivity contribution in [2.24, 2.45) is 0 Å². The van der Waals surface area contributed by atoms with Gasteiger partial charge in [0, 0.05) is 36.6 Å². The van der Waals surface area contributed by atoms with Crippen LogP contribution in [-0.2, 0) is 32.3 Å². The summed E-state index contributed by atoms with van der Waals surface area (Å²) in [7, 11) is 1.88. The monoisotopic (exact) mass is 475 g/mol. The third-order valence-corrected chi connectivity index (χ3v) is 6.79. The zero-order valence-electron chi connectivity index (χ0n) is 19.5. The lowest BCUT2D eigenvalue weighted by Gasteiger charge is -2.33. The molecular weight excluding hydrogens is 449 g/mol. The van der Waals surface area contributed by atoms with E-state index in [9.17, 15) is 19.2 Å². The first-order chi connectivity index (χ1) is 16.9. The van der Waals surface area contributed by atoms with Gasteiger partial charge in [-0.1, -0.05) is 30.3 Å². The van der Waals surface area contributed by atoms with Crippen molar-refractivity contribution in [1.82, 2.24) is 15.1 Å². The number of rotatable bonds is 6. The van der Waals surface area contributed by atoms with E-state index in [1.54, 1.807) is 21.9 Å². The molecule has 4 amide bonds. The largest absolute Gasteiger partial charge is 0.489 e. The topological polar surface area (TPSA) is 105 Å². The van der Waals surface area contributed by atoms with Gasteiger partial charge in [0.25, 0.3) is 5.91 Å². The van der Waals surface area contributed by atoms with E-state index in [0.717, 1.165) is 16.7 Å². The van der Waals surface area contributed by atoms with E-state index in [-0.39, 0.29) is 36.7 Å². The van der Waals surface area contributed by atoms with Crippen LogP contribution in [0.15, 0.2) is 42.5 Å². The number of hydrogen-bond acceptors (Lipinski definition) is 6. The van der Waals surface area contributed by atoms with Crippen LogP contribution >= 0.6 is 0 Å². The normalized spacial score (nSPS) is 22.3. The predicted molar refractivity (Wildman–Crippen MR) is 127 cm³/mol. The summed E-state index contributed by atoms with van der Waals surface area (Å²) in [5.74, 6) is -0.733. The Labute approximate surface area is 203 Å². The molecule has 180 valence electrons. The molecule has 2 fully saturated rings. The van der Waals surface area contributed by atoms with Gasteiger partial charge in [-0.15, -0.1) is 0 Å². The predicted octanol–water partition coefficient (Wildman–Crippen LogP) is 0.517. The van der Waals surface area contributed by atoms with Gasteiger partial charge in [0.1, 0.15) is 32.9 Å². The number of piperidine rings is 1. The molecule has 3 aliphatic heterocycles. The van der Waals surface area contributed by atoms with Crippen LogP contribution in [0, 0.1) is 0 Å². The van der Waals surface area contributed by atoms with Crippen LogP contribution < -0.4 is 10.1 Å². The van der Waals surface area contributed by atoms with Gasteiger partial charge in [0.05, 0.1) is 6.61 Å². The van der Waals surface area contributed by atoms with Crippen LogP contribution in [0.2, 0.25) is 0 Å². The number of amides is 4. The Morgan fingerprint density at radius 2 is 1.83 bits per heavy atom. The maximum atomic E-state index is 13.2. The lowest BCUT2D eigenvalue weighted by atomic mass is 9.86. The first-order valence-electron chi connectivity index (χ1n) is 11.8. The summed E-state index contributed by atoms with van der Waals surface area (Å²) in [6.07, 6.45) is 0.523. The van der Waals surface area contributed by atoms with Gasteiger partial charge in [-0.25, -0.2) is 0 Å². The minimum Gasteiger partial charge on any atom is -0.489 e. The number of carbonyl (C=O) groups is 4. The second-order valence-electron chi connectivity index (χ2n) is 9.05. The van der Waals surface area contributed by atoms with Crippen molar-refractivity contribution in [3.05, 3.63) is 64.7 Å². The van der Waals surface area contributed by atoms with Crippen molar-refractivity contribution in [3.8, 4) is 5.75 Å². The summed E-state index contributed by atoms with van der Waals surface area (Å²) in [6, 6.07) is 12.6. The highest BCUT2D eigenvalue weighted by Gasteiger charge is 2.44. The van der Waals surface area contributed by atoms with Crippen molar-refractivity contribution in [3.63, 3.8) is 0 Å². The first kappa shape index (κ1) is 23.1. The van der Waals surface area contributed by atoms with E-state index >= 15 is 0 Å². The van der Waals surface area contributed by atoms with Gasteiger partial charge < -0.3 is 19.3 Å². The quantitative estimate of drug-likeness (QED) is 0.483. The molecule has 0 spiro atoms. The van der Waals surface area contributed by atoms with E-state index in [0.29, 0.717) is 44.0 Å². The number of carbonyl (C=O) groups excluding carboxylic acids is 4. The van der Waals surface area contributed by atoms with Crippen LogP contribution in [0.25, 0.3) is 0 Å². The van der Waals surface area contributed by atoms with Crippen molar-refractivity contribution >= 4 is 31.5 Å². The van der Waals surface area contributed by atoms with Gasteiger partial charge in [-0.2, -0.15) is 0 Å². The molecule has 5 rings (SSSR count). The van der Waals surface area contributed by atoms with E-state index in [1.807, 2.05) is 38.2 Å². The highest BCUT2D eigenvalue weighted by Crippen LogP contribution is 2.40. The average Bonchev–Trinajstić information content (AvgIpc) is 3.11. The Balaban J connectivity index is 1.27. The van der Waals surface area contributed by atoms with Crippen LogP contribution in [0.4, 0.5) is 0 Å². The van der Waals surface area contributed by atoms with Gasteiger partial charge in [0.2, 0.25) is 17.7 Å². The number of benzene rings is 2. The molecule has 2 saturated heterocycles. The minimum atomic E-state index is -0.679.